The fourth-order valence-corrected chi connectivity index (χ4v) is 5.23. The van der Waals surface area contributed by atoms with Crippen LogP contribution >= 0.6 is 0 Å². The third-order valence-electron chi connectivity index (χ3n) is 6.81. The molecule has 2 aliphatic heterocycles. The topological polar surface area (TPSA) is 65.0 Å². The first-order chi connectivity index (χ1) is 16.2. The highest BCUT2D eigenvalue weighted by Gasteiger charge is 2.22. The third kappa shape index (κ3) is 4.85. The van der Waals surface area contributed by atoms with Crippen molar-refractivity contribution >= 4 is 39.6 Å². The van der Waals surface area contributed by atoms with Crippen LogP contribution in [0.3, 0.4) is 0 Å². The van der Waals surface area contributed by atoms with Crippen LogP contribution in [0.5, 0.6) is 5.75 Å². The molecule has 0 radical (unpaired) electrons. The van der Waals surface area contributed by atoms with E-state index in [2.05, 4.69) is 28.4 Å². The average molecular weight is 442 g/mol. The number of hydrogen-bond acceptors (Lipinski definition) is 5. The fraction of sp³-hybridized carbons (Fsp3) is 0.333. The van der Waals surface area contributed by atoms with Gasteiger partial charge in [-0.2, -0.15) is 0 Å². The van der Waals surface area contributed by atoms with Crippen LogP contribution in [0.25, 0.3) is 32.3 Å². The molecule has 3 N–H and O–H groups in total. The molecule has 2 aliphatic rings. The normalized spacial score (nSPS) is 18.9. The van der Waals surface area contributed by atoms with Crippen molar-refractivity contribution in [2.75, 3.05) is 19.6 Å². The predicted molar refractivity (Wildman–Crippen MR) is 136 cm³/mol. The lowest BCUT2D eigenvalue weighted by atomic mass is 9.97. The predicted octanol–water partition coefficient (Wildman–Crippen LogP) is 4.68. The molecule has 5 nitrogen and oxygen atoms in total. The van der Waals surface area contributed by atoms with Gasteiger partial charge in [0.25, 0.3) is 0 Å². The summed E-state index contributed by atoms with van der Waals surface area (Å²) in [6.07, 6.45) is 7.73. The molecule has 0 aromatic heterocycles. The van der Waals surface area contributed by atoms with Gasteiger partial charge < -0.3 is 20.0 Å². The van der Waals surface area contributed by atoms with Crippen molar-refractivity contribution in [1.29, 1.82) is 0 Å². The second-order valence-corrected chi connectivity index (χ2v) is 8.96. The largest absolute Gasteiger partial charge is 0.707 e. The minimum atomic E-state index is -1.85. The minimum Gasteiger partial charge on any atom is -0.511 e. The second-order valence-electron chi connectivity index (χ2n) is 8.96. The summed E-state index contributed by atoms with van der Waals surface area (Å²) in [4.78, 5) is 2.62. The van der Waals surface area contributed by atoms with E-state index in [-0.39, 0.29) is 0 Å². The number of benzene rings is 4. The van der Waals surface area contributed by atoms with Crippen molar-refractivity contribution in [3.05, 3.63) is 66.7 Å². The summed E-state index contributed by atoms with van der Waals surface area (Å²) >= 11 is 0. The molecule has 0 saturated carbocycles. The van der Waals surface area contributed by atoms with Gasteiger partial charge in [-0.05, 0) is 60.0 Å². The average Bonchev–Trinajstić information content (AvgIpc) is 3.10. The van der Waals surface area contributed by atoms with Crippen molar-refractivity contribution in [3.8, 4) is 5.75 Å². The van der Waals surface area contributed by atoms with E-state index in [4.69, 9.17) is 4.65 Å². The van der Waals surface area contributed by atoms with E-state index in [1.165, 1.54) is 51.7 Å². The van der Waals surface area contributed by atoms with Gasteiger partial charge in [0.1, 0.15) is 5.75 Å². The van der Waals surface area contributed by atoms with Gasteiger partial charge >= 0.3 is 7.32 Å². The summed E-state index contributed by atoms with van der Waals surface area (Å²) < 4.78 is 5.30. The summed E-state index contributed by atoms with van der Waals surface area (Å²) in [5, 5.41) is 28.1. The summed E-state index contributed by atoms with van der Waals surface area (Å²) in [6, 6.07) is 22.0. The molecule has 1 unspecified atom stereocenters. The van der Waals surface area contributed by atoms with E-state index < -0.39 is 7.32 Å². The summed E-state index contributed by atoms with van der Waals surface area (Å²) in [5.74, 6) is 0.494. The second kappa shape index (κ2) is 10.1. The van der Waals surface area contributed by atoms with Crippen molar-refractivity contribution in [2.24, 2.45) is 0 Å². The Hall–Kier alpha value is -2.64. The van der Waals surface area contributed by atoms with Gasteiger partial charge in [0.05, 0.1) is 6.17 Å². The van der Waals surface area contributed by atoms with Gasteiger partial charge in [-0.25, -0.2) is 0 Å². The van der Waals surface area contributed by atoms with Crippen LogP contribution in [0, 0.1) is 0 Å². The van der Waals surface area contributed by atoms with Crippen LogP contribution < -0.4 is 9.97 Å². The first-order valence-electron chi connectivity index (χ1n) is 12.0. The molecule has 0 amide bonds. The Bertz CT molecular complexity index is 1230. The molecule has 0 bridgehead atoms. The van der Waals surface area contributed by atoms with Crippen LogP contribution in [0.1, 0.15) is 32.1 Å². The first-order valence-corrected chi connectivity index (χ1v) is 12.0. The number of rotatable bonds is 2. The first kappa shape index (κ1) is 22.2. The van der Waals surface area contributed by atoms with Crippen LogP contribution in [0.2, 0.25) is 0 Å². The third-order valence-corrected chi connectivity index (χ3v) is 6.81. The molecule has 6 rings (SSSR count). The van der Waals surface area contributed by atoms with E-state index >= 15 is 0 Å². The minimum absolute atomic E-state index is 0.494. The highest BCUT2D eigenvalue weighted by atomic mass is 16.6. The maximum Gasteiger partial charge on any atom is 0.707 e. The van der Waals surface area contributed by atoms with Crippen molar-refractivity contribution in [2.45, 2.75) is 38.3 Å². The molecule has 2 saturated heterocycles. The van der Waals surface area contributed by atoms with Crippen LogP contribution in [0.15, 0.2) is 66.7 Å². The maximum absolute atomic E-state index is 9.27. The van der Waals surface area contributed by atoms with E-state index in [0.717, 1.165) is 38.5 Å². The Morgan fingerprint density at radius 1 is 0.758 bits per heavy atom. The zero-order valence-electron chi connectivity index (χ0n) is 18.9. The Balaban J connectivity index is 0.000000174. The highest BCUT2D eigenvalue weighted by molar-refractivity contribution is 6.35. The van der Waals surface area contributed by atoms with E-state index in [1.54, 1.807) is 0 Å². The summed E-state index contributed by atoms with van der Waals surface area (Å²) in [7, 11) is -1.85. The lowest BCUT2D eigenvalue weighted by molar-refractivity contribution is 0.134. The maximum atomic E-state index is 9.27. The van der Waals surface area contributed by atoms with E-state index in [1.807, 2.05) is 48.5 Å². The lowest BCUT2D eigenvalue weighted by Crippen LogP contribution is -2.50. The molecule has 170 valence electrons. The molecule has 2 fully saturated rings. The number of nitrogens with zero attached hydrogens (tertiary/aromatic N) is 1. The molecular formula is C27H31BN2O3. The highest BCUT2D eigenvalue weighted by Crippen LogP contribution is 2.38. The lowest BCUT2D eigenvalue weighted by Gasteiger charge is -2.34. The van der Waals surface area contributed by atoms with Gasteiger partial charge in [0.15, 0.2) is 0 Å². The molecule has 4 aromatic carbocycles. The quantitative estimate of drug-likeness (QED) is 0.239. The SMILES string of the molecule is C1CCC2NCCCN2CC1.OB(O)Oc1c2ccccc2cc2c1ccc1ccccc12. The summed E-state index contributed by atoms with van der Waals surface area (Å²) in [6.45, 7) is 3.90. The van der Waals surface area contributed by atoms with Gasteiger partial charge in [0, 0.05) is 17.3 Å². The van der Waals surface area contributed by atoms with Crippen LogP contribution in [-0.2, 0) is 0 Å². The fourth-order valence-electron chi connectivity index (χ4n) is 5.23. The van der Waals surface area contributed by atoms with Gasteiger partial charge in [-0.3, -0.25) is 4.90 Å². The Labute approximate surface area is 195 Å². The van der Waals surface area contributed by atoms with Crippen molar-refractivity contribution in [1.82, 2.24) is 10.2 Å². The molecule has 0 spiro atoms. The monoisotopic (exact) mass is 442 g/mol. The zero-order valence-corrected chi connectivity index (χ0v) is 18.9. The Kier molecular flexibility index (Phi) is 6.79. The molecule has 4 aromatic rings. The van der Waals surface area contributed by atoms with Gasteiger partial charge in [0.2, 0.25) is 0 Å². The smallest absolute Gasteiger partial charge is 0.511 e. The van der Waals surface area contributed by atoms with Gasteiger partial charge in [-0.15, -0.1) is 0 Å². The van der Waals surface area contributed by atoms with Crippen molar-refractivity contribution in [3.63, 3.8) is 0 Å². The van der Waals surface area contributed by atoms with Gasteiger partial charge in [-0.1, -0.05) is 73.5 Å². The van der Waals surface area contributed by atoms with Crippen molar-refractivity contribution < 1.29 is 14.7 Å². The standard InChI is InChI=1S/C18H13BO3.C9H18N2/c20-19(21)22-18-15-8-4-2-6-13(15)11-17-14-7-3-1-5-12(14)9-10-16(17)18;1-2-5-9-10-6-4-8-11(9)7-3-1/h1-11,20-21H;9-10H,1-8H2. The molecule has 1 atom stereocenters. The number of fused-ring (bicyclic) bond motifs is 5. The number of hydrogen-bond donors (Lipinski definition) is 3. The molecule has 0 aliphatic carbocycles. The van der Waals surface area contributed by atoms with E-state index in [0.29, 0.717) is 5.75 Å². The number of nitrogens with one attached hydrogen (secondary N) is 1. The summed E-state index contributed by atoms with van der Waals surface area (Å²) in [5.41, 5.74) is 0. The zero-order chi connectivity index (χ0) is 22.6. The Morgan fingerprint density at radius 3 is 2.36 bits per heavy atom. The van der Waals surface area contributed by atoms with Crippen LogP contribution in [-0.4, -0.2) is 48.1 Å². The Morgan fingerprint density at radius 2 is 1.52 bits per heavy atom. The molecule has 2 heterocycles. The van der Waals surface area contributed by atoms with E-state index in [9.17, 15) is 10.0 Å². The van der Waals surface area contributed by atoms with Crippen LogP contribution in [0.4, 0.5) is 0 Å². The molecule has 33 heavy (non-hydrogen) atoms. The molecular weight excluding hydrogens is 411 g/mol. The molecule has 6 heteroatoms.